The summed E-state index contributed by atoms with van der Waals surface area (Å²) < 4.78 is 15.5. The summed E-state index contributed by atoms with van der Waals surface area (Å²) in [4.78, 5) is 22.5. The molecule has 0 saturated heterocycles. The molecule has 6 aromatic carbocycles. The van der Waals surface area contributed by atoms with Crippen LogP contribution < -0.4 is 9.47 Å². The van der Waals surface area contributed by atoms with E-state index in [1.54, 1.807) is 12.4 Å². The normalized spacial score (nSPS) is 10.9. The molecule has 8 nitrogen and oxygen atoms in total. The monoisotopic (exact) mass is 1000 g/mol. The Balaban J connectivity index is 0.00000272. The van der Waals surface area contributed by atoms with Gasteiger partial charge in [-0.3, -0.25) is 0 Å². The van der Waals surface area contributed by atoms with Crippen LogP contribution in [0.1, 0.15) is 22.3 Å². The van der Waals surface area contributed by atoms with Crippen LogP contribution in [-0.2, 0) is 40.8 Å². The van der Waals surface area contributed by atoms with Crippen molar-refractivity contribution in [2.75, 3.05) is 0 Å². The van der Waals surface area contributed by atoms with Crippen molar-refractivity contribution in [1.29, 1.82) is 0 Å². The van der Waals surface area contributed by atoms with Gasteiger partial charge in [0.05, 0.1) is 0 Å². The van der Waals surface area contributed by atoms with Gasteiger partial charge in [-0.15, -0.1) is 58.7 Å². The molecule has 0 amide bonds. The van der Waals surface area contributed by atoms with E-state index in [4.69, 9.17) is 9.47 Å². The zero-order chi connectivity index (χ0) is 41.5. The van der Waals surface area contributed by atoms with Gasteiger partial charge in [0, 0.05) is 35.4 Å². The molecule has 0 aliphatic carbocycles. The average molecular weight is 1000 g/mol. The number of aromatic nitrogens is 6. The van der Waals surface area contributed by atoms with Crippen molar-refractivity contribution in [3.05, 3.63) is 193 Å². The maximum absolute atomic E-state index is 6.81. The smallest absolute Gasteiger partial charge is 0.502 e. The zero-order valence-electron chi connectivity index (χ0n) is 34.5. The molecule has 0 aliphatic rings. The molecular weight excluding hydrogens is 965 g/mol. The third-order valence-electron chi connectivity index (χ3n) is 10.7. The standard InChI is InChI=1S/C53H36N6O2.2Pd/c1-33-11-15-37(16-12-33)51-35(3)25-39(45-9-5-7-23-55-45)27-49(51)60-41-19-21-43-44-22-20-42(30-48(44)59(47(43)29-41)53-57-31-54-32-58-53)61-50-28-40(46-10-6-8-24-56-46)26-36(4)52(50)38-17-13-34(2)14-18-38;;/h5-26,31-32H,1-4H3;;/q-4;2*+2. The Morgan fingerprint density at radius 1 is 0.476 bits per heavy atom. The van der Waals surface area contributed by atoms with Crippen molar-refractivity contribution < 1.29 is 50.3 Å². The summed E-state index contributed by atoms with van der Waals surface area (Å²) in [6.07, 6.45) is 6.52. The second-order valence-corrected chi connectivity index (χ2v) is 14.9. The number of benzene rings is 6. The first-order chi connectivity index (χ1) is 29.9. The number of fused-ring (bicyclic) bond motifs is 3. The second kappa shape index (κ2) is 18.4. The van der Waals surface area contributed by atoms with Crippen LogP contribution in [-0.4, -0.2) is 29.5 Å². The van der Waals surface area contributed by atoms with Crippen molar-refractivity contribution >= 4 is 21.8 Å². The predicted octanol–water partition coefficient (Wildman–Crippen LogP) is 12.4. The number of aryl methyl sites for hydroxylation is 4. The van der Waals surface area contributed by atoms with E-state index in [0.717, 1.165) is 66.7 Å². The molecule has 10 heteroatoms. The molecule has 0 bridgehead atoms. The molecular formula is C53H36N6O2Pd2. The van der Waals surface area contributed by atoms with Crippen LogP contribution in [0.15, 0.2) is 146 Å². The molecule has 0 atom stereocenters. The van der Waals surface area contributed by atoms with Crippen LogP contribution in [0.5, 0.6) is 23.0 Å². The van der Waals surface area contributed by atoms with E-state index >= 15 is 0 Å². The molecule has 0 spiro atoms. The van der Waals surface area contributed by atoms with Crippen molar-refractivity contribution in [2.45, 2.75) is 27.7 Å². The molecule has 4 aromatic heterocycles. The summed E-state index contributed by atoms with van der Waals surface area (Å²) >= 11 is 0. The Morgan fingerprint density at radius 2 is 0.921 bits per heavy atom. The summed E-state index contributed by atoms with van der Waals surface area (Å²) in [6.45, 7) is 8.33. The van der Waals surface area contributed by atoms with Gasteiger partial charge in [-0.2, -0.15) is 22.9 Å². The number of ether oxygens (including phenoxy) is 2. The molecule has 0 fully saturated rings. The first kappa shape index (κ1) is 43.0. The van der Waals surface area contributed by atoms with Crippen LogP contribution >= 0.6 is 0 Å². The molecule has 4 heterocycles. The van der Waals surface area contributed by atoms with Gasteiger partial charge >= 0.3 is 40.8 Å². The molecule has 63 heavy (non-hydrogen) atoms. The van der Waals surface area contributed by atoms with Gasteiger partial charge in [-0.1, -0.05) is 143 Å². The number of pyridine rings is 2. The SMILES string of the molecule is Cc1ccc(-c2c(Oc3[c-]c4c(cc3)c3ccc(Oc5[c-]c(-c6ccccn6)cc(C)c5-c5ccc(C)cc5)[c-]c3n4-c3ncncn3)[c-]c(-c3ccccn3)cc2C)cc1.[Pd+2].[Pd+2]. The Kier molecular flexibility index (Phi) is 12.5. The van der Waals surface area contributed by atoms with E-state index in [1.807, 2.05) is 65.2 Å². The van der Waals surface area contributed by atoms with E-state index < -0.39 is 0 Å². The zero-order valence-corrected chi connectivity index (χ0v) is 37.6. The summed E-state index contributed by atoms with van der Waals surface area (Å²) in [5.41, 5.74) is 13.0. The van der Waals surface area contributed by atoms with Crippen LogP contribution in [0.25, 0.3) is 72.5 Å². The Hall–Kier alpha value is -6.65. The quantitative estimate of drug-likeness (QED) is 0.105. The molecule has 0 radical (unpaired) electrons. The van der Waals surface area contributed by atoms with Crippen LogP contribution in [0.3, 0.4) is 0 Å². The van der Waals surface area contributed by atoms with Gasteiger partial charge in [0.25, 0.3) is 0 Å². The van der Waals surface area contributed by atoms with Crippen molar-refractivity contribution in [3.8, 4) is 73.7 Å². The third kappa shape index (κ3) is 8.60. The van der Waals surface area contributed by atoms with Gasteiger partial charge in [0.2, 0.25) is 5.95 Å². The van der Waals surface area contributed by atoms with Gasteiger partial charge < -0.3 is 24.0 Å². The molecule has 0 saturated carbocycles. The Labute approximate surface area is 393 Å². The summed E-state index contributed by atoms with van der Waals surface area (Å²) in [5, 5.41) is 1.82. The maximum Gasteiger partial charge on any atom is 2.00 e. The molecule has 10 aromatic rings. The maximum atomic E-state index is 6.81. The predicted molar refractivity (Wildman–Crippen MR) is 239 cm³/mol. The van der Waals surface area contributed by atoms with Crippen molar-refractivity contribution in [2.24, 2.45) is 0 Å². The number of rotatable bonds is 9. The van der Waals surface area contributed by atoms with Gasteiger partial charge in [0.15, 0.2) is 0 Å². The fraction of sp³-hybridized carbons (Fsp3) is 0.0755. The van der Waals surface area contributed by atoms with E-state index in [1.165, 1.54) is 23.8 Å². The van der Waals surface area contributed by atoms with E-state index in [-0.39, 0.29) is 40.8 Å². The molecule has 0 N–H and O–H groups in total. The average Bonchev–Trinajstić information content (AvgIpc) is 3.60. The summed E-state index contributed by atoms with van der Waals surface area (Å²) in [6, 6.07) is 54.9. The number of nitrogens with zero attached hydrogens (tertiary/aromatic N) is 6. The minimum atomic E-state index is 0. The third-order valence-corrected chi connectivity index (χ3v) is 10.7. The Bertz CT molecular complexity index is 3020. The minimum Gasteiger partial charge on any atom is -0.502 e. The van der Waals surface area contributed by atoms with Crippen LogP contribution in [0.2, 0.25) is 0 Å². The molecule has 0 unspecified atom stereocenters. The number of hydrogen-bond acceptors (Lipinski definition) is 7. The molecule has 310 valence electrons. The minimum absolute atomic E-state index is 0. The van der Waals surface area contributed by atoms with E-state index in [0.29, 0.717) is 40.0 Å². The van der Waals surface area contributed by atoms with Gasteiger partial charge in [0.1, 0.15) is 12.7 Å². The molecule has 0 aliphatic heterocycles. The summed E-state index contributed by atoms with van der Waals surface area (Å²) in [7, 11) is 0. The van der Waals surface area contributed by atoms with E-state index in [2.05, 4.69) is 138 Å². The topological polar surface area (TPSA) is 87.8 Å². The van der Waals surface area contributed by atoms with Crippen molar-refractivity contribution in [3.63, 3.8) is 0 Å². The van der Waals surface area contributed by atoms with Crippen LogP contribution in [0.4, 0.5) is 0 Å². The summed E-state index contributed by atoms with van der Waals surface area (Å²) in [5.74, 6) is 2.51. The fourth-order valence-corrected chi connectivity index (χ4v) is 7.72. The first-order valence-electron chi connectivity index (χ1n) is 19.9. The molecule has 10 rings (SSSR count). The largest absolute Gasteiger partial charge is 2.00 e. The Morgan fingerprint density at radius 3 is 1.33 bits per heavy atom. The first-order valence-corrected chi connectivity index (χ1v) is 19.9. The van der Waals surface area contributed by atoms with Crippen LogP contribution in [0, 0.1) is 52.0 Å². The van der Waals surface area contributed by atoms with E-state index in [9.17, 15) is 0 Å². The van der Waals surface area contributed by atoms with Gasteiger partial charge in [-0.05, 0) is 37.4 Å². The van der Waals surface area contributed by atoms with Crippen molar-refractivity contribution in [1.82, 2.24) is 29.5 Å². The van der Waals surface area contributed by atoms with Gasteiger partial charge in [-0.25, -0.2) is 15.0 Å². The fourth-order valence-electron chi connectivity index (χ4n) is 7.72. The number of hydrogen-bond donors (Lipinski definition) is 0. The second-order valence-electron chi connectivity index (χ2n) is 14.9.